The minimum absolute atomic E-state index is 0.259. The highest BCUT2D eigenvalue weighted by atomic mass is 32.1. The Balaban J connectivity index is 1.42. The Kier molecular flexibility index (Phi) is 5.02. The highest BCUT2D eigenvalue weighted by Gasteiger charge is 2.48. The molecule has 0 bridgehead atoms. The van der Waals surface area contributed by atoms with Gasteiger partial charge in [0.05, 0.1) is 5.41 Å². The van der Waals surface area contributed by atoms with Gasteiger partial charge in [-0.25, -0.2) is 0 Å². The number of hydrogen-bond acceptors (Lipinski definition) is 3. The Morgan fingerprint density at radius 3 is 2.50 bits per heavy atom. The van der Waals surface area contributed by atoms with Crippen molar-refractivity contribution in [2.24, 2.45) is 0 Å². The van der Waals surface area contributed by atoms with E-state index >= 15 is 0 Å². The van der Waals surface area contributed by atoms with Gasteiger partial charge in [-0.1, -0.05) is 49.2 Å². The van der Waals surface area contributed by atoms with Crippen LogP contribution in [0.1, 0.15) is 49.0 Å². The number of nitrogens with zero attached hydrogens (tertiary/aromatic N) is 2. The number of hydrogen-bond donors (Lipinski definition) is 0. The first kappa shape index (κ1) is 18.4. The molecular formula is C24H30N2OS. The highest BCUT2D eigenvalue weighted by Crippen LogP contribution is 2.45. The summed E-state index contributed by atoms with van der Waals surface area (Å²) in [6.45, 7) is 2.97. The lowest BCUT2D eigenvalue weighted by Crippen LogP contribution is -2.60. The lowest BCUT2D eigenvalue weighted by atomic mass is 9.82. The van der Waals surface area contributed by atoms with Crippen LogP contribution in [-0.4, -0.2) is 47.4 Å². The van der Waals surface area contributed by atoms with E-state index in [0.29, 0.717) is 11.9 Å². The molecule has 1 unspecified atom stereocenters. The van der Waals surface area contributed by atoms with Crippen molar-refractivity contribution in [3.05, 3.63) is 58.3 Å². The average molecular weight is 395 g/mol. The van der Waals surface area contributed by atoms with Crippen LogP contribution in [0.5, 0.6) is 0 Å². The summed E-state index contributed by atoms with van der Waals surface area (Å²) in [7, 11) is 0. The molecule has 3 aliphatic rings. The molecule has 1 aliphatic heterocycles. The highest BCUT2D eigenvalue weighted by molar-refractivity contribution is 7.10. The Hall–Kier alpha value is -1.65. The van der Waals surface area contributed by atoms with Crippen LogP contribution in [0.2, 0.25) is 0 Å². The summed E-state index contributed by atoms with van der Waals surface area (Å²) in [5.41, 5.74) is 1.09. The van der Waals surface area contributed by atoms with Gasteiger partial charge in [0.15, 0.2) is 0 Å². The monoisotopic (exact) mass is 394 g/mol. The minimum Gasteiger partial charge on any atom is -0.336 e. The van der Waals surface area contributed by atoms with Crippen molar-refractivity contribution in [3.8, 4) is 0 Å². The maximum absolute atomic E-state index is 14.0. The second-order valence-electron chi connectivity index (χ2n) is 8.83. The Labute approximate surface area is 172 Å². The van der Waals surface area contributed by atoms with E-state index in [-0.39, 0.29) is 5.41 Å². The van der Waals surface area contributed by atoms with Gasteiger partial charge in [-0.2, -0.15) is 0 Å². The first-order valence-electron chi connectivity index (χ1n) is 10.9. The SMILES string of the molecule is O=C(N1CCN(C2CC2)CC1Cc1ccccc1)C1(c2cccs2)CCCC1. The smallest absolute Gasteiger partial charge is 0.234 e. The van der Waals surface area contributed by atoms with Gasteiger partial charge in [0.1, 0.15) is 0 Å². The van der Waals surface area contributed by atoms with Crippen molar-refractivity contribution in [2.45, 2.75) is 62.4 Å². The summed E-state index contributed by atoms with van der Waals surface area (Å²) in [4.78, 5) is 20.2. The van der Waals surface area contributed by atoms with Crippen molar-refractivity contribution in [1.82, 2.24) is 9.80 Å². The van der Waals surface area contributed by atoms with Gasteiger partial charge >= 0.3 is 0 Å². The molecule has 0 N–H and O–H groups in total. The molecule has 2 aliphatic carbocycles. The fraction of sp³-hybridized carbons (Fsp3) is 0.542. The zero-order chi connectivity index (χ0) is 19.0. The van der Waals surface area contributed by atoms with E-state index in [1.165, 1.54) is 36.1 Å². The van der Waals surface area contributed by atoms with Crippen LogP contribution < -0.4 is 0 Å². The third-order valence-corrected chi connectivity index (χ3v) is 8.09. The fourth-order valence-corrected chi connectivity index (χ4v) is 6.33. The number of piperazine rings is 1. The second-order valence-corrected chi connectivity index (χ2v) is 9.78. The molecule has 0 spiro atoms. The molecular weight excluding hydrogens is 364 g/mol. The van der Waals surface area contributed by atoms with Gasteiger partial charge in [0.25, 0.3) is 0 Å². The molecule has 1 amide bonds. The molecule has 148 valence electrons. The van der Waals surface area contributed by atoms with E-state index < -0.39 is 0 Å². The standard InChI is InChI=1S/C24H30N2OS/c27-23(24(12-4-5-13-24)22-9-6-16-28-22)26-15-14-25(20-10-11-20)18-21(26)17-19-7-2-1-3-8-19/h1-3,6-9,16,20-21H,4-5,10-15,17-18H2. The molecule has 5 rings (SSSR count). The molecule has 2 heterocycles. The number of rotatable bonds is 5. The maximum atomic E-state index is 14.0. The Morgan fingerprint density at radius 1 is 1.04 bits per heavy atom. The summed E-state index contributed by atoms with van der Waals surface area (Å²) >= 11 is 1.77. The van der Waals surface area contributed by atoms with Crippen LogP contribution in [0.15, 0.2) is 47.8 Å². The lowest BCUT2D eigenvalue weighted by molar-refractivity contribution is -0.142. The third-order valence-electron chi connectivity index (χ3n) is 7.01. The third kappa shape index (κ3) is 3.42. The van der Waals surface area contributed by atoms with E-state index in [2.05, 4.69) is 57.6 Å². The molecule has 3 fully saturated rings. The molecule has 1 aromatic heterocycles. The molecule has 0 radical (unpaired) electrons. The number of carbonyl (C=O) groups excluding carboxylic acids is 1. The predicted octanol–water partition coefficient (Wildman–Crippen LogP) is 4.48. The topological polar surface area (TPSA) is 23.6 Å². The zero-order valence-electron chi connectivity index (χ0n) is 16.6. The molecule has 3 nitrogen and oxygen atoms in total. The van der Waals surface area contributed by atoms with Crippen LogP contribution in [0.4, 0.5) is 0 Å². The predicted molar refractivity (Wildman–Crippen MR) is 115 cm³/mol. The second kappa shape index (κ2) is 7.64. The summed E-state index contributed by atoms with van der Waals surface area (Å²) in [6.07, 6.45) is 8.04. The van der Waals surface area contributed by atoms with Crippen molar-refractivity contribution in [2.75, 3.05) is 19.6 Å². The molecule has 2 saturated carbocycles. The molecule has 28 heavy (non-hydrogen) atoms. The van der Waals surface area contributed by atoms with Gasteiger partial charge in [0.2, 0.25) is 5.91 Å². The van der Waals surface area contributed by atoms with Crippen LogP contribution in [0.3, 0.4) is 0 Å². The van der Waals surface area contributed by atoms with Gasteiger partial charge in [-0.3, -0.25) is 9.69 Å². The summed E-state index contributed by atoms with van der Waals surface area (Å²) in [6, 6.07) is 16.1. The quantitative estimate of drug-likeness (QED) is 0.747. The van der Waals surface area contributed by atoms with E-state index in [0.717, 1.165) is 44.9 Å². The lowest BCUT2D eigenvalue weighted by Gasteiger charge is -2.45. The van der Waals surface area contributed by atoms with E-state index in [9.17, 15) is 4.79 Å². The van der Waals surface area contributed by atoms with Gasteiger partial charge < -0.3 is 4.90 Å². The number of amides is 1. The van der Waals surface area contributed by atoms with E-state index in [1.807, 2.05) is 0 Å². The van der Waals surface area contributed by atoms with Gasteiger partial charge in [-0.05, 0) is 49.1 Å². The van der Waals surface area contributed by atoms with Gasteiger partial charge in [-0.15, -0.1) is 11.3 Å². The van der Waals surface area contributed by atoms with Crippen LogP contribution in [0.25, 0.3) is 0 Å². The van der Waals surface area contributed by atoms with Crippen molar-refractivity contribution in [1.29, 1.82) is 0 Å². The largest absolute Gasteiger partial charge is 0.336 e. The number of thiophene rings is 1. The average Bonchev–Trinajstić information content (AvgIpc) is 3.21. The normalized spacial score (nSPS) is 25.1. The van der Waals surface area contributed by atoms with Gasteiger partial charge in [0, 0.05) is 36.6 Å². The van der Waals surface area contributed by atoms with Crippen LogP contribution in [-0.2, 0) is 16.6 Å². The molecule has 1 aromatic carbocycles. The maximum Gasteiger partial charge on any atom is 0.234 e. The Bertz CT molecular complexity index is 793. The van der Waals surface area contributed by atoms with Crippen LogP contribution >= 0.6 is 11.3 Å². The minimum atomic E-state index is -0.259. The first-order valence-corrected chi connectivity index (χ1v) is 11.8. The van der Waals surface area contributed by atoms with Crippen molar-refractivity contribution < 1.29 is 4.79 Å². The fourth-order valence-electron chi connectivity index (χ4n) is 5.35. The molecule has 1 atom stereocenters. The summed E-state index contributed by atoms with van der Waals surface area (Å²) in [5, 5.41) is 2.13. The molecule has 1 saturated heterocycles. The summed E-state index contributed by atoms with van der Waals surface area (Å²) in [5.74, 6) is 0.406. The zero-order valence-corrected chi connectivity index (χ0v) is 17.4. The summed E-state index contributed by atoms with van der Waals surface area (Å²) < 4.78 is 0. The Morgan fingerprint density at radius 2 is 1.82 bits per heavy atom. The van der Waals surface area contributed by atoms with Crippen molar-refractivity contribution >= 4 is 17.2 Å². The van der Waals surface area contributed by atoms with E-state index in [1.54, 1.807) is 11.3 Å². The number of carbonyl (C=O) groups is 1. The first-order chi connectivity index (χ1) is 13.8. The molecule has 2 aromatic rings. The number of benzene rings is 1. The van der Waals surface area contributed by atoms with E-state index in [4.69, 9.17) is 0 Å². The van der Waals surface area contributed by atoms with Crippen LogP contribution in [0, 0.1) is 0 Å². The molecule has 4 heteroatoms. The van der Waals surface area contributed by atoms with Crippen molar-refractivity contribution in [3.63, 3.8) is 0 Å².